The molecule has 0 fully saturated rings. The monoisotopic (exact) mass is 255 g/mol. The molecule has 0 aromatic heterocycles. The predicted octanol–water partition coefficient (Wildman–Crippen LogP) is 1.53. The number of carbonyl (C=O) groups excluding carboxylic acids is 1. The van der Waals surface area contributed by atoms with Crippen molar-refractivity contribution in [1.82, 2.24) is 10.6 Å². The molecular weight excluding hydrogens is 238 g/mol. The third-order valence-corrected chi connectivity index (χ3v) is 2.62. The number of nitrogens with one attached hydrogen (secondary N) is 2. The number of halogens is 1. The average Bonchev–Trinajstić information content (AvgIpc) is 2.27. The first-order valence-electron chi connectivity index (χ1n) is 5.59. The second-order valence-corrected chi connectivity index (χ2v) is 4.41. The van der Waals surface area contributed by atoms with Crippen LogP contribution in [-0.4, -0.2) is 25.2 Å². The highest BCUT2D eigenvalue weighted by Gasteiger charge is 2.02. The van der Waals surface area contributed by atoms with E-state index in [0.29, 0.717) is 19.1 Å². The SMILES string of the molecule is CC(Cc1ccc(Cl)cc1)NCCNC(N)=O. The fourth-order valence-corrected chi connectivity index (χ4v) is 1.68. The maximum atomic E-state index is 10.4. The topological polar surface area (TPSA) is 67.2 Å². The molecule has 17 heavy (non-hydrogen) atoms. The van der Waals surface area contributed by atoms with Crippen molar-refractivity contribution in [3.63, 3.8) is 0 Å². The van der Waals surface area contributed by atoms with Gasteiger partial charge in [0.25, 0.3) is 0 Å². The molecule has 4 N–H and O–H groups in total. The molecule has 0 radical (unpaired) electrons. The van der Waals surface area contributed by atoms with E-state index < -0.39 is 6.03 Å². The van der Waals surface area contributed by atoms with Crippen LogP contribution >= 0.6 is 11.6 Å². The molecule has 2 amide bonds. The summed E-state index contributed by atoms with van der Waals surface area (Å²) >= 11 is 5.81. The van der Waals surface area contributed by atoms with Gasteiger partial charge >= 0.3 is 6.03 Å². The highest BCUT2D eigenvalue weighted by molar-refractivity contribution is 6.30. The maximum Gasteiger partial charge on any atom is 0.312 e. The third kappa shape index (κ3) is 6.14. The van der Waals surface area contributed by atoms with Crippen molar-refractivity contribution in [3.05, 3.63) is 34.9 Å². The fourth-order valence-electron chi connectivity index (χ4n) is 1.55. The zero-order chi connectivity index (χ0) is 12.7. The Kier molecular flexibility index (Phi) is 5.80. The molecule has 0 aliphatic rings. The van der Waals surface area contributed by atoms with Crippen LogP contribution in [0.4, 0.5) is 4.79 Å². The Hall–Kier alpha value is -1.26. The van der Waals surface area contributed by atoms with Crippen LogP contribution in [0.3, 0.4) is 0 Å². The lowest BCUT2D eigenvalue weighted by atomic mass is 10.1. The first kappa shape index (κ1) is 13.8. The zero-order valence-corrected chi connectivity index (χ0v) is 10.6. The third-order valence-electron chi connectivity index (χ3n) is 2.37. The van der Waals surface area contributed by atoms with E-state index in [9.17, 15) is 4.79 Å². The van der Waals surface area contributed by atoms with Gasteiger partial charge in [0.1, 0.15) is 0 Å². The summed E-state index contributed by atoms with van der Waals surface area (Å²) in [6, 6.07) is 7.66. The van der Waals surface area contributed by atoms with Crippen LogP contribution in [0.2, 0.25) is 5.02 Å². The molecule has 0 aliphatic heterocycles. The molecule has 1 unspecified atom stereocenters. The van der Waals surface area contributed by atoms with E-state index in [0.717, 1.165) is 11.4 Å². The normalized spacial score (nSPS) is 12.1. The van der Waals surface area contributed by atoms with Crippen molar-refractivity contribution in [3.8, 4) is 0 Å². The number of primary amides is 1. The summed E-state index contributed by atoms with van der Waals surface area (Å²) in [6.07, 6.45) is 0.924. The van der Waals surface area contributed by atoms with Crippen LogP contribution in [0.5, 0.6) is 0 Å². The fraction of sp³-hybridized carbons (Fsp3) is 0.417. The number of nitrogens with two attached hydrogens (primary N) is 1. The summed E-state index contributed by atoms with van der Waals surface area (Å²) in [5, 5.41) is 6.58. The molecule has 5 heteroatoms. The maximum absolute atomic E-state index is 10.4. The Labute approximate surface area is 107 Å². The minimum Gasteiger partial charge on any atom is -0.352 e. The van der Waals surface area contributed by atoms with Crippen LogP contribution in [0.15, 0.2) is 24.3 Å². The molecule has 1 aromatic carbocycles. The lowest BCUT2D eigenvalue weighted by Crippen LogP contribution is -2.38. The molecule has 0 aliphatic carbocycles. The number of hydrogen-bond donors (Lipinski definition) is 3. The molecule has 0 bridgehead atoms. The van der Waals surface area contributed by atoms with Gasteiger partial charge in [-0.2, -0.15) is 0 Å². The lowest BCUT2D eigenvalue weighted by Gasteiger charge is -2.13. The van der Waals surface area contributed by atoms with Crippen molar-refractivity contribution in [2.75, 3.05) is 13.1 Å². The average molecular weight is 256 g/mol. The molecular formula is C12H18ClN3O. The Morgan fingerprint density at radius 3 is 2.59 bits per heavy atom. The smallest absolute Gasteiger partial charge is 0.312 e. The van der Waals surface area contributed by atoms with Gasteiger partial charge in [0, 0.05) is 24.2 Å². The highest BCUT2D eigenvalue weighted by atomic mass is 35.5. The van der Waals surface area contributed by atoms with Crippen molar-refractivity contribution in [1.29, 1.82) is 0 Å². The summed E-state index contributed by atoms with van der Waals surface area (Å²) in [6.45, 7) is 3.34. The largest absolute Gasteiger partial charge is 0.352 e. The van der Waals surface area contributed by atoms with Crippen LogP contribution in [0.1, 0.15) is 12.5 Å². The van der Waals surface area contributed by atoms with Gasteiger partial charge in [-0.3, -0.25) is 0 Å². The van der Waals surface area contributed by atoms with Crippen LogP contribution in [-0.2, 0) is 6.42 Å². The van der Waals surface area contributed by atoms with Gasteiger partial charge in [-0.1, -0.05) is 23.7 Å². The Morgan fingerprint density at radius 2 is 2.00 bits per heavy atom. The Bertz CT molecular complexity index is 353. The van der Waals surface area contributed by atoms with Gasteiger partial charge in [0.05, 0.1) is 0 Å². The predicted molar refractivity (Wildman–Crippen MR) is 70.2 cm³/mol. The number of rotatable bonds is 6. The van der Waals surface area contributed by atoms with E-state index >= 15 is 0 Å². The van der Waals surface area contributed by atoms with Crippen molar-refractivity contribution in [2.45, 2.75) is 19.4 Å². The molecule has 4 nitrogen and oxygen atoms in total. The van der Waals surface area contributed by atoms with E-state index in [1.54, 1.807) is 0 Å². The van der Waals surface area contributed by atoms with Crippen LogP contribution < -0.4 is 16.4 Å². The van der Waals surface area contributed by atoms with E-state index in [1.807, 2.05) is 24.3 Å². The zero-order valence-electron chi connectivity index (χ0n) is 9.87. The van der Waals surface area contributed by atoms with Gasteiger partial charge in [0.15, 0.2) is 0 Å². The second-order valence-electron chi connectivity index (χ2n) is 3.98. The van der Waals surface area contributed by atoms with Crippen LogP contribution in [0.25, 0.3) is 0 Å². The van der Waals surface area contributed by atoms with E-state index in [4.69, 9.17) is 17.3 Å². The van der Waals surface area contributed by atoms with Crippen molar-refractivity contribution < 1.29 is 4.79 Å². The number of carbonyl (C=O) groups is 1. The van der Waals surface area contributed by atoms with Gasteiger partial charge in [-0.15, -0.1) is 0 Å². The minimum absolute atomic E-state index is 0.339. The summed E-state index contributed by atoms with van der Waals surface area (Å²) in [5.74, 6) is 0. The van der Waals surface area contributed by atoms with Gasteiger partial charge < -0.3 is 16.4 Å². The number of amides is 2. The Balaban J connectivity index is 2.22. The number of benzene rings is 1. The first-order chi connectivity index (χ1) is 8.08. The standard InChI is InChI=1S/C12H18ClN3O/c1-9(15-6-7-16-12(14)17)8-10-2-4-11(13)5-3-10/h2-5,9,15H,6-8H2,1H3,(H3,14,16,17). The van der Waals surface area contributed by atoms with Crippen molar-refractivity contribution in [2.24, 2.45) is 5.73 Å². The molecule has 1 aromatic rings. The van der Waals surface area contributed by atoms with Crippen LogP contribution in [0, 0.1) is 0 Å². The number of urea groups is 1. The molecule has 0 spiro atoms. The molecule has 1 rings (SSSR count). The minimum atomic E-state index is -0.489. The van der Waals surface area contributed by atoms with E-state index in [-0.39, 0.29) is 0 Å². The second kappa shape index (κ2) is 7.14. The molecule has 94 valence electrons. The van der Waals surface area contributed by atoms with E-state index in [1.165, 1.54) is 5.56 Å². The molecule has 0 heterocycles. The molecule has 0 saturated carbocycles. The van der Waals surface area contributed by atoms with Gasteiger partial charge in [-0.05, 0) is 31.0 Å². The molecule has 0 saturated heterocycles. The highest BCUT2D eigenvalue weighted by Crippen LogP contribution is 2.10. The summed E-state index contributed by atoms with van der Waals surface area (Å²) in [4.78, 5) is 10.4. The summed E-state index contributed by atoms with van der Waals surface area (Å²) in [7, 11) is 0. The van der Waals surface area contributed by atoms with Gasteiger partial charge in [0.2, 0.25) is 0 Å². The van der Waals surface area contributed by atoms with Gasteiger partial charge in [-0.25, -0.2) is 4.79 Å². The molecule has 1 atom stereocenters. The lowest BCUT2D eigenvalue weighted by molar-refractivity contribution is 0.249. The summed E-state index contributed by atoms with van der Waals surface area (Å²) in [5.41, 5.74) is 6.19. The van der Waals surface area contributed by atoms with E-state index in [2.05, 4.69) is 17.6 Å². The first-order valence-corrected chi connectivity index (χ1v) is 5.97. The Morgan fingerprint density at radius 1 is 1.35 bits per heavy atom. The number of hydrogen-bond acceptors (Lipinski definition) is 2. The summed E-state index contributed by atoms with van der Waals surface area (Å²) < 4.78 is 0. The van der Waals surface area contributed by atoms with Crippen molar-refractivity contribution >= 4 is 17.6 Å². The quantitative estimate of drug-likeness (QED) is 0.675.